The zero-order valence-corrected chi connectivity index (χ0v) is 13.0. The number of benzene rings is 1. The minimum absolute atomic E-state index is 0.0335. The van der Waals surface area contributed by atoms with Crippen LogP contribution in [0.5, 0.6) is 0 Å². The quantitative estimate of drug-likeness (QED) is 0.912. The van der Waals surface area contributed by atoms with Crippen molar-refractivity contribution in [2.24, 2.45) is 10.7 Å². The Balaban J connectivity index is 1.93. The minimum Gasteiger partial charge on any atom is -0.369 e. The van der Waals surface area contributed by atoms with Gasteiger partial charge in [-0.2, -0.15) is 5.26 Å². The Kier molecular flexibility index (Phi) is 3.80. The van der Waals surface area contributed by atoms with E-state index in [4.69, 9.17) is 11.0 Å². The van der Waals surface area contributed by atoms with Crippen molar-refractivity contribution in [3.05, 3.63) is 40.0 Å². The summed E-state index contributed by atoms with van der Waals surface area (Å²) in [6.45, 7) is 0. The molecule has 0 saturated heterocycles. The highest BCUT2D eigenvalue weighted by Gasteiger charge is 2.27. The predicted octanol–water partition coefficient (Wildman–Crippen LogP) is 2.04. The molecule has 2 heterocycles. The Morgan fingerprint density at radius 1 is 1.52 bits per heavy atom. The fourth-order valence-electron chi connectivity index (χ4n) is 2.21. The Bertz CT molecular complexity index is 854. The second-order valence-corrected chi connectivity index (χ2v) is 5.93. The molecule has 0 spiro atoms. The van der Waals surface area contributed by atoms with Crippen molar-refractivity contribution in [2.45, 2.75) is 12.5 Å². The molecule has 2 aromatic rings. The standard InChI is InChI=1S/C15H12FN5OS/c1-21-13(22)5-11(20-15(21)18)14-19-12(7-23-14)8-2-3-10(16)9(4-8)6-17/h2-4,7,11H,5H2,1H3,(H2,18,20). The van der Waals surface area contributed by atoms with Gasteiger partial charge in [-0.05, 0) is 18.2 Å². The van der Waals surface area contributed by atoms with Crippen molar-refractivity contribution >= 4 is 23.2 Å². The summed E-state index contributed by atoms with van der Waals surface area (Å²) in [4.78, 5) is 21.9. The summed E-state index contributed by atoms with van der Waals surface area (Å²) in [5, 5.41) is 11.3. The Morgan fingerprint density at radius 3 is 3.00 bits per heavy atom. The number of guanidine groups is 1. The molecule has 8 heteroatoms. The highest BCUT2D eigenvalue weighted by Crippen LogP contribution is 2.31. The van der Waals surface area contributed by atoms with Crippen LogP contribution in [0.1, 0.15) is 23.0 Å². The van der Waals surface area contributed by atoms with Gasteiger partial charge in [0, 0.05) is 18.0 Å². The number of nitrogens with two attached hydrogens (primary N) is 1. The van der Waals surface area contributed by atoms with Gasteiger partial charge in [-0.3, -0.25) is 9.69 Å². The number of nitriles is 1. The molecule has 3 rings (SSSR count). The van der Waals surface area contributed by atoms with Crippen molar-refractivity contribution in [3.8, 4) is 17.3 Å². The van der Waals surface area contributed by atoms with Crippen LogP contribution >= 0.6 is 11.3 Å². The first kappa shape index (κ1) is 15.1. The smallest absolute Gasteiger partial charge is 0.231 e. The highest BCUT2D eigenvalue weighted by atomic mass is 32.1. The van der Waals surface area contributed by atoms with Crippen molar-refractivity contribution in [1.29, 1.82) is 5.26 Å². The molecule has 23 heavy (non-hydrogen) atoms. The molecule has 1 atom stereocenters. The van der Waals surface area contributed by atoms with Crippen molar-refractivity contribution in [2.75, 3.05) is 7.05 Å². The number of carbonyl (C=O) groups is 1. The number of hydrogen-bond acceptors (Lipinski definition) is 6. The van der Waals surface area contributed by atoms with Crippen LogP contribution in [0, 0.1) is 17.1 Å². The highest BCUT2D eigenvalue weighted by molar-refractivity contribution is 7.10. The summed E-state index contributed by atoms with van der Waals surface area (Å²) in [5.74, 6) is -0.519. The first-order valence-electron chi connectivity index (χ1n) is 6.75. The monoisotopic (exact) mass is 329 g/mol. The lowest BCUT2D eigenvalue weighted by Crippen LogP contribution is -2.42. The van der Waals surface area contributed by atoms with Gasteiger partial charge in [0.15, 0.2) is 5.96 Å². The molecule has 1 unspecified atom stereocenters. The van der Waals surface area contributed by atoms with Gasteiger partial charge in [0.2, 0.25) is 5.91 Å². The fourth-order valence-corrected chi connectivity index (χ4v) is 3.07. The van der Waals surface area contributed by atoms with E-state index < -0.39 is 11.9 Å². The molecular formula is C15H12FN5OS. The fraction of sp³-hybridized carbons (Fsp3) is 0.200. The third-order valence-electron chi connectivity index (χ3n) is 3.56. The second-order valence-electron chi connectivity index (χ2n) is 5.04. The number of hydrogen-bond donors (Lipinski definition) is 1. The van der Waals surface area contributed by atoms with Gasteiger partial charge in [-0.1, -0.05) is 0 Å². The summed E-state index contributed by atoms with van der Waals surface area (Å²) in [7, 11) is 1.58. The van der Waals surface area contributed by atoms with Crippen LogP contribution in [0.15, 0.2) is 28.6 Å². The zero-order chi connectivity index (χ0) is 16.6. The molecule has 0 saturated carbocycles. The number of aromatic nitrogens is 1. The van der Waals surface area contributed by atoms with Crippen LogP contribution in [0.2, 0.25) is 0 Å². The normalized spacial score (nSPS) is 17.8. The third-order valence-corrected chi connectivity index (χ3v) is 4.51. The number of nitrogens with zero attached hydrogens (tertiary/aromatic N) is 4. The summed E-state index contributed by atoms with van der Waals surface area (Å²) in [6.07, 6.45) is 0.205. The lowest BCUT2D eigenvalue weighted by molar-refractivity contribution is -0.127. The molecular weight excluding hydrogens is 317 g/mol. The molecule has 1 aromatic heterocycles. The molecule has 0 bridgehead atoms. The van der Waals surface area contributed by atoms with Crippen molar-refractivity contribution in [3.63, 3.8) is 0 Å². The maximum absolute atomic E-state index is 13.4. The van der Waals surface area contributed by atoms with E-state index >= 15 is 0 Å². The second kappa shape index (κ2) is 5.78. The molecule has 1 aliphatic rings. The predicted molar refractivity (Wildman–Crippen MR) is 84.0 cm³/mol. The number of amides is 1. The van der Waals surface area contributed by atoms with Gasteiger partial charge in [0.25, 0.3) is 0 Å². The van der Waals surface area contributed by atoms with Gasteiger partial charge < -0.3 is 5.73 Å². The van der Waals surface area contributed by atoms with E-state index in [-0.39, 0.29) is 23.9 Å². The largest absolute Gasteiger partial charge is 0.369 e. The van der Waals surface area contributed by atoms with Crippen molar-refractivity contribution < 1.29 is 9.18 Å². The van der Waals surface area contributed by atoms with Gasteiger partial charge in [0.05, 0.1) is 17.7 Å². The minimum atomic E-state index is -0.565. The van der Waals surface area contributed by atoms with E-state index in [0.717, 1.165) is 0 Å². The first-order chi connectivity index (χ1) is 11.0. The molecule has 0 aliphatic carbocycles. The number of thiazole rings is 1. The van der Waals surface area contributed by atoms with Crippen LogP contribution in [-0.2, 0) is 4.79 Å². The summed E-state index contributed by atoms with van der Waals surface area (Å²) >= 11 is 1.35. The topological polar surface area (TPSA) is 95.4 Å². The average molecular weight is 329 g/mol. The summed E-state index contributed by atoms with van der Waals surface area (Å²) in [6, 6.07) is 5.65. The Morgan fingerprint density at radius 2 is 2.30 bits per heavy atom. The number of halogens is 1. The molecule has 0 fully saturated rings. The third kappa shape index (κ3) is 2.78. The van der Waals surface area contributed by atoms with Crippen molar-refractivity contribution in [1.82, 2.24) is 9.88 Å². The van der Waals surface area contributed by atoms with E-state index in [1.165, 1.54) is 28.4 Å². The average Bonchev–Trinajstić information content (AvgIpc) is 3.02. The van der Waals surface area contributed by atoms with Gasteiger partial charge in [0.1, 0.15) is 22.9 Å². The zero-order valence-electron chi connectivity index (χ0n) is 12.2. The van der Waals surface area contributed by atoms with Crippen LogP contribution in [0.25, 0.3) is 11.3 Å². The maximum Gasteiger partial charge on any atom is 0.231 e. The van der Waals surface area contributed by atoms with Crippen LogP contribution < -0.4 is 5.73 Å². The van der Waals surface area contributed by atoms with Gasteiger partial charge >= 0.3 is 0 Å². The maximum atomic E-state index is 13.4. The van der Waals surface area contributed by atoms with E-state index in [0.29, 0.717) is 16.3 Å². The molecule has 1 aromatic carbocycles. The molecule has 2 N–H and O–H groups in total. The first-order valence-corrected chi connectivity index (χ1v) is 7.63. The van der Waals surface area contributed by atoms with E-state index in [2.05, 4.69) is 9.98 Å². The van der Waals surface area contributed by atoms with E-state index in [1.54, 1.807) is 24.6 Å². The molecule has 0 radical (unpaired) electrons. The molecule has 1 amide bonds. The van der Waals surface area contributed by atoms with E-state index in [1.807, 2.05) is 0 Å². The lowest BCUT2D eigenvalue weighted by atomic mass is 10.1. The van der Waals surface area contributed by atoms with Crippen LogP contribution in [-0.4, -0.2) is 28.8 Å². The summed E-state index contributed by atoms with van der Waals surface area (Å²) < 4.78 is 13.4. The lowest BCUT2D eigenvalue weighted by Gasteiger charge is -2.24. The van der Waals surface area contributed by atoms with E-state index in [9.17, 15) is 9.18 Å². The Labute approximate surface area is 135 Å². The number of carbonyl (C=O) groups excluding carboxylic acids is 1. The Hall–Kier alpha value is -2.79. The molecule has 6 nitrogen and oxygen atoms in total. The molecule has 1 aliphatic heterocycles. The number of rotatable bonds is 2. The van der Waals surface area contributed by atoms with Crippen LogP contribution in [0.4, 0.5) is 4.39 Å². The van der Waals surface area contributed by atoms with Gasteiger partial charge in [-0.15, -0.1) is 11.3 Å². The van der Waals surface area contributed by atoms with Crippen LogP contribution in [0.3, 0.4) is 0 Å². The summed E-state index contributed by atoms with van der Waals surface area (Å²) in [5.41, 5.74) is 6.94. The SMILES string of the molecule is CN1C(=O)CC(c2nc(-c3ccc(F)c(C#N)c3)cs2)N=C1N. The molecule has 116 valence electrons. The van der Waals surface area contributed by atoms with Gasteiger partial charge in [-0.25, -0.2) is 14.4 Å². The number of aliphatic imine (C=N–C) groups is 1.